The van der Waals surface area contributed by atoms with E-state index in [4.69, 9.17) is 5.73 Å². The highest BCUT2D eigenvalue weighted by Crippen LogP contribution is 2.24. The third kappa shape index (κ3) is 2.65. The van der Waals surface area contributed by atoms with Crippen LogP contribution < -0.4 is 5.73 Å². The van der Waals surface area contributed by atoms with Gasteiger partial charge >= 0.3 is 0 Å². The minimum Gasteiger partial charge on any atom is -0.389 e. The van der Waals surface area contributed by atoms with Gasteiger partial charge < -0.3 is 15.9 Å². The zero-order valence-electron chi connectivity index (χ0n) is 10.7. The Bertz CT molecular complexity index is 563. The summed E-state index contributed by atoms with van der Waals surface area (Å²) < 4.78 is 26.1. The number of β-amino-alcohol motifs (C(OH)–C–C–N with tert-alkyl or cyclic N) is 2. The van der Waals surface area contributed by atoms with Gasteiger partial charge in [-0.05, 0) is 24.1 Å². The van der Waals surface area contributed by atoms with E-state index in [1.807, 2.05) is 0 Å². The Hall–Kier alpha value is -0.990. The molecule has 2 rings (SSSR count). The number of aliphatic hydroxyl groups is 2. The molecule has 0 amide bonds. The van der Waals surface area contributed by atoms with Crippen molar-refractivity contribution in [1.82, 2.24) is 4.31 Å². The molecular weight excluding hydrogens is 268 g/mol. The summed E-state index contributed by atoms with van der Waals surface area (Å²) in [5.41, 5.74) is 6.87. The number of nitrogens with two attached hydrogens (primary N) is 1. The van der Waals surface area contributed by atoms with E-state index >= 15 is 0 Å². The van der Waals surface area contributed by atoms with Gasteiger partial charge in [0, 0.05) is 19.6 Å². The van der Waals surface area contributed by atoms with Crippen LogP contribution in [0.4, 0.5) is 0 Å². The standard InChI is InChI=1S/C12H18N2O4S/c1-8-2-3-9(5-13)4-12(8)19(17,18)14-6-10(15)11(16)7-14/h2-4,10-11,15-16H,5-7,13H2,1H3. The fourth-order valence-corrected chi connectivity index (χ4v) is 3.87. The lowest BCUT2D eigenvalue weighted by atomic mass is 10.1. The molecule has 0 spiro atoms. The first-order chi connectivity index (χ1) is 8.86. The molecule has 1 fully saturated rings. The maximum Gasteiger partial charge on any atom is 0.243 e. The summed E-state index contributed by atoms with van der Waals surface area (Å²) >= 11 is 0. The van der Waals surface area contributed by atoms with Crippen molar-refractivity contribution in [3.63, 3.8) is 0 Å². The smallest absolute Gasteiger partial charge is 0.243 e. The van der Waals surface area contributed by atoms with Crippen molar-refractivity contribution in [1.29, 1.82) is 0 Å². The summed E-state index contributed by atoms with van der Waals surface area (Å²) in [6, 6.07) is 5.03. The molecule has 0 radical (unpaired) electrons. The number of nitrogens with zero attached hydrogens (tertiary/aromatic N) is 1. The van der Waals surface area contributed by atoms with E-state index in [0.29, 0.717) is 5.56 Å². The lowest BCUT2D eigenvalue weighted by Gasteiger charge is -2.17. The molecule has 0 saturated carbocycles. The molecular formula is C12H18N2O4S. The average molecular weight is 286 g/mol. The monoisotopic (exact) mass is 286 g/mol. The molecule has 0 aliphatic carbocycles. The van der Waals surface area contributed by atoms with Crippen LogP contribution in [0, 0.1) is 6.92 Å². The Kier molecular flexibility index (Phi) is 3.93. The van der Waals surface area contributed by atoms with Gasteiger partial charge in [-0.1, -0.05) is 12.1 Å². The molecule has 1 aliphatic rings. The molecule has 19 heavy (non-hydrogen) atoms. The van der Waals surface area contributed by atoms with Crippen LogP contribution >= 0.6 is 0 Å². The summed E-state index contributed by atoms with van der Waals surface area (Å²) in [5.74, 6) is 0. The molecule has 0 bridgehead atoms. The number of hydrogen-bond acceptors (Lipinski definition) is 5. The van der Waals surface area contributed by atoms with Gasteiger partial charge in [0.15, 0.2) is 0 Å². The van der Waals surface area contributed by atoms with Gasteiger partial charge in [0.25, 0.3) is 0 Å². The first kappa shape index (κ1) is 14.4. The predicted octanol–water partition coefficient (Wildman–Crippen LogP) is -0.820. The zero-order valence-corrected chi connectivity index (χ0v) is 11.5. The van der Waals surface area contributed by atoms with E-state index in [1.54, 1.807) is 25.1 Å². The fourth-order valence-electron chi connectivity index (χ4n) is 2.12. The number of sulfonamides is 1. The molecule has 1 aromatic carbocycles. The molecule has 7 heteroatoms. The van der Waals surface area contributed by atoms with Crippen LogP contribution in [0.2, 0.25) is 0 Å². The summed E-state index contributed by atoms with van der Waals surface area (Å²) in [5, 5.41) is 18.9. The van der Waals surface area contributed by atoms with Crippen LogP contribution in [0.1, 0.15) is 11.1 Å². The normalized spacial score (nSPS) is 24.8. The van der Waals surface area contributed by atoms with Crippen LogP contribution in [0.3, 0.4) is 0 Å². The van der Waals surface area contributed by atoms with Gasteiger partial charge in [-0.2, -0.15) is 4.31 Å². The van der Waals surface area contributed by atoms with E-state index in [1.165, 1.54) is 0 Å². The molecule has 1 saturated heterocycles. The van der Waals surface area contributed by atoms with Gasteiger partial charge in [-0.3, -0.25) is 0 Å². The number of hydrogen-bond donors (Lipinski definition) is 3. The molecule has 1 aliphatic heterocycles. The van der Waals surface area contributed by atoms with Gasteiger partial charge in [0.2, 0.25) is 10.0 Å². The van der Waals surface area contributed by atoms with Crippen LogP contribution in [-0.4, -0.2) is 48.2 Å². The van der Waals surface area contributed by atoms with Crippen molar-refractivity contribution >= 4 is 10.0 Å². The van der Waals surface area contributed by atoms with Gasteiger partial charge in [-0.15, -0.1) is 0 Å². The molecule has 1 aromatic rings. The van der Waals surface area contributed by atoms with Crippen LogP contribution in [0.5, 0.6) is 0 Å². The molecule has 2 atom stereocenters. The Morgan fingerprint density at radius 3 is 2.42 bits per heavy atom. The maximum absolute atomic E-state index is 12.5. The molecule has 1 heterocycles. The van der Waals surface area contributed by atoms with Gasteiger partial charge in [0.05, 0.1) is 17.1 Å². The highest BCUT2D eigenvalue weighted by Gasteiger charge is 2.38. The van der Waals surface area contributed by atoms with Crippen LogP contribution in [-0.2, 0) is 16.6 Å². The zero-order chi connectivity index (χ0) is 14.2. The van der Waals surface area contributed by atoms with Crippen molar-refractivity contribution in [2.45, 2.75) is 30.6 Å². The van der Waals surface area contributed by atoms with Crippen molar-refractivity contribution in [3.05, 3.63) is 29.3 Å². The summed E-state index contributed by atoms with van der Waals surface area (Å²) in [6.45, 7) is 1.79. The fraction of sp³-hybridized carbons (Fsp3) is 0.500. The lowest BCUT2D eigenvalue weighted by molar-refractivity contribution is 0.0572. The minimum absolute atomic E-state index is 0.0875. The third-order valence-corrected chi connectivity index (χ3v) is 5.31. The molecule has 6 nitrogen and oxygen atoms in total. The molecule has 106 valence electrons. The van der Waals surface area contributed by atoms with E-state index in [2.05, 4.69) is 0 Å². The second-order valence-electron chi connectivity index (χ2n) is 4.76. The van der Waals surface area contributed by atoms with Crippen molar-refractivity contribution < 1.29 is 18.6 Å². The Labute approximate surface area is 112 Å². The molecule has 2 unspecified atom stereocenters. The van der Waals surface area contributed by atoms with E-state index in [0.717, 1.165) is 9.87 Å². The Morgan fingerprint density at radius 2 is 1.89 bits per heavy atom. The first-order valence-electron chi connectivity index (χ1n) is 6.02. The van der Waals surface area contributed by atoms with Gasteiger partial charge in [-0.25, -0.2) is 8.42 Å². The van der Waals surface area contributed by atoms with Crippen molar-refractivity contribution in [2.75, 3.05) is 13.1 Å². The SMILES string of the molecule is Cc1ccc(CN)cc1S(=O)(=O)N1CC(O)C(O)C1. The number of benzene rings is 1. The quantitative estimate of drug-likeness (QED) is 0.673. The summed E-state index contributed by atoms with van der Waals surface area (Å²) in [4.78, 5) is 0.178. The Balaban J connectivity index is 2.40. The van der Waals surface area contributed by atoms with Crippen LogP contribution in [0.25, 0.3) is 0 Å². The Morgan fingerprint density at radius 1 is 1.32 bits per heavy atom. The number of aryl methyl sites for hydroxylation is 1. The van der Waals surface area contributed by atoms with E-state index < -0.39 is 22.2 Å². The lowest BCUT2D eigenvalue weighted by Crippen LogP contribution is -2.30. The number of rotatable bonds is 3. The second kappa shape index (κ2) is 5.18. The molecule has 4 N–H and O–H groups in total. The highest BCUT2D eigenvalue weighted by molar-refractivity contribution is 7.89. The maximum atomic E-state index is 12.5. The van der Waals surface area contributed by atoms with E-state index in [9.17, 15) is 18.6 Å². The third-order valence-electron chi connectivity index (χ3n) is 3.33. The van der Waals surface area contributed by atoms with Crippen molar-refractivity contribution in [3.8, 4) is 0 Å². The van der Waals surface area contributed by atoms with Gasteiger partial charge in [0.1, 0.15) is 0 Å². The van der Waals surface area contributed by atoms with Crippen molar-refractivity contribution in [2.24, 2.45) is 5.73 Å². The molecule has 0 aromatic heterocycles. The largest absolute Gasteiger partial charge is 0.389 e. The topological polar surface area (TPSA) is 104 Å². The minimum atomic E-state index is -3.71. The summed E-state index contributed by atoms with van der Waals surface area (Å²) in [6.07, 6.45) is -2.07. The number of aliphatic hydroxyl groups excluding tert-OH is 2. The second-order valence-corrected chi connectivity index (χ2v) is 6.67. The summed E-state index contributed by atoms with van der Waals surface area (Å²) in [7, 11) is -3.71. The average Bonchev–Trinajstić information content (AvgIpc) is 2.71. The van der Waals surface area contributed by atoms with E-state index in [-0.39, 0.29) is 24.5 Å². The highest BCUT2D eigenvalue weighted by atomic mass is 32.2. The first-order valence-corrected chi connectivity index (χ1v) is 7.46. The van der Waals surface area contributed by atoms with Crippen LogP contribution in [0.15, 0.2) is 23.1 Å². The predicted molar refractivity (Wildman–Crippen MR) is 69.8 cm³/mol.